The van der Waals surface area contributed by atoms with Crippen molar-refractivity contribution in [3.63, 3.8) is 0 Å². The lowest BCUT2D eigenvalue weighted by Crippen LogP contribution is -2.33. The van der Waals surface area contributed by atoms with Gasteiger partial charge in [0.05, 0.1) is 0 Å². The lowest BCUT2D eigenvalue weighted by Gasteiger charge is -2.08. The van der Waals surface area contributed by atoms with Crippen LogP contribution in [0.4, 0.5) is 0 Å². The molecule has 0 spiro atoms. The zero-order chi connectivity index (χ0) is 21.6. The fourth-order valence-corrected chi connectivity index (χ4v) is 2.73. The molecule has 8 N–H and O–H groups in total. The Kier molecular flexibility index (Phi) is 19.5. The molecule has 9 heteroatoms. The molecule has 0 radical (unpaired) electrons. The number of hydrazone groups is 1. The molecule has 9 nitrogen and oxygen atoms in total. The molecule has 0 bridgehead atoms. The number of unbranched alkanes of at least 4 members (excludes halogenated alkanes) is 6. The van der Waals surface area contributed by atoms with Crippen molar-refractivity contribution in [3.8, 4) is 0 Å². The molecule has 0 aliphatic heterocycles. The van der Waals surface area contributed by atoms with Crippen LogP contribution in [0, 0.1) is 0 Å². The summed E-state index contributed by atoms with van der Waals surface area (Å²) in [6, 6.07) is 0.225. The van der Waals surface area contributed by atoms with Gasteiger partial charge in [-0.3, -0.25) is 9.59 Å². The number of nitrogens with two attached hydrogens (primary N) is 2. The molecule has 1 unspecified atom stereocenters. The lowest BCUT2D eigenvalue weighted by atomic mass is 10.1. The van der Waals surface area contributed by atoms with E-state index in [4.69, 9.17) is 11.6 Å². The van der Waals surface area contributed by atoms with E-state index in [0.717, 1.165) is 64.6 Å². The number of rotatable bonds is 20. The topological polar surface area (TPSA) is 147 Å². The summed E-state index contributed by atoms with van der Waals surface area (Å²) in [4.78, 5) is 23.5. The molecule has 0 aliphatic carbocycles. The van der Waals surface area contributed by atoms with E-state index < -0.39 is 0 Å². The third kappa shape index (κ3) is 22.3. The summed E-state index contributed by atoms with van der Waals surface area (Å²) in [6.07, 6.45) is 10.9. The summed E-state index contributed by atoms with van der Waals surface area (Å²) < 4.78 is 0. The average Bonchev–Trinajstić information content (AvgIpc) is 2.67. The quantitative estimate of drug-likeness (QED) is 0.0429. The Morgan fingerprint density at radius 1 is 0.828 bits per heavy atom. The molecule has 0 saturated carbocycles. The smallest absolute Gasteiger partial charge is 0.229 e. The number of carbonyl (C=O) groups is 2. The monoisotopic (exact) mass is 413 g/mol. The zero-order valence-corrected chi connectivity index (χ0v) is 18.2. The molecule has 0 heterocycles. The number of hydrogen-bond acceptors (Lipinski definition) is 6. The highest BCUT2D eigenvalue weighted by Gasteiger charge is 2.07. The van der Waals surface area contributed by atoms with Crippen LogP contribution in [0.3, 0.4) is 0 Å². The van der Waals surface area contributed by atoms with Crippen molar-refractivity contribution in [1.82, 2.24) is 21.3 Å². The molecule has 1 atom stereocenters. The van der Waals surface area contributed by atoms with E-state index in [1.54, 1.807) is 0 Å². The van der Waals surface area contributed by atoms with Gasteiger partial charge >= 0.3 is 0 Å². The second kappa shape index (κ2) is 20.9. The Morgan fingerprint density at radius 2 is 1.34 bits per heavy atom. The molecule has 170 valence electrons. The largest absolute Gasteiger partial charge is 0.375 e. The van der Waals surface area contributed by atoms with Crippen molar-refractivity contribution in [1.29, 1.82) is 0 Å². The summed E-state index contributed by atoms with van der Waals surface area (Å²) in [6.45, 7) is 5.97. The van der Waals surface area contributed by atoms with Crippen LogP contribution in [0.2, 0.25) is 0 Å². The summed E-state index contributed by atoms with van der Waals surface area (Å²) in [7, 11) is 0. The molecular formula is C20H43N7O2. The normalized spacial score (nSPS) is 12.1. The molecule has 0 saturated heterocycles. The van der Waals surface area contributed by atoms with E-state index >= 15 is 0 Å². The van der Waals surface area contributed by atoms with Crippen molar-refractivity contribution in [2.45, 2.75) is 77.2 Å². The molecular weight excluding hydrogens is 370 g/mol. The van der Waals surface area contributed by atoms with Gasteiger partial charge in [-0.1, -0.05) is 25.7 Å². The fourth-order valence-electron chi connectivity index (χ4n) is 2.73. The van der Waals surface area contributed by atoms with Crippen molar-refractivity contribution in [2.75, 3.05) is 32.7 Å². The van der Waals surface area contributed by atoms with Gasteiger partial charge in [0.2, 0.25) is 11.8 Å². The summed E-state index contributed by atoms with van der Waals surface area (Å²) in [5.41, 5.74) is 5.68. The SMILES string of the molecule is CC(N)CCNCCCCNC(=O)CC(=O)NCCCCCCCCNC=NN. The van der Waals surface area contributed by atoms with Crippen LogP contribution < -0.4 is 32.8 Å². The van der Waals surface area contributed by atoms with Crippen LogP contribution >= 0.6 is 0 Å². The number of nitrogens with one attached hydrogen (secondary N) is 4. The second-order valence-corrected chi connectivity index (χ2v) is 7.45. The van der Waals surface area contributed by atoms with Crippen molar-refractivity contribution >= 4 is 18.2 Å². The number of amides is 2. The van der Waals surface area contributed by atoms with Gasteiger partial charge in [0, 0.05) is 25.7 Å². The minimum absolute atomic E-state index is 0.0915. The highest BCUT2D eigenvalue weighted by Crippen LogP contribution is 2.04. The number of nitrogens with zero attached hydrogens (tertiary/aromatic N) is 1. The van der Waals surface area contributed by atoms with Crippen LogP contribution in [0.5, 0.6) is 0 Å². The van der Waals surface area contributed by atoms with E-state index in [1.165, 1.54) is 19.2 Å². The Labute approximate surface area is 176 Å². The van der Waals surface area contributed by atoms with Crippen LogP contribution in [0.15, 0.2) is 5.10 Å². The maximum Gasteiger partial charge on any atom is 0.229 e. The first-order valence-electron chi connectivity index (χ1n) is 11.0. The highest BCUT2D eigenvalue weighted by atomic mass is 16.2. The predicted octanol–water partition coefficient (Wildman–Crippen LogP) is 0.548. The Morgan fingerprint density at radius 3 is 1.93 bits per heavy atom. The first-order chi connectivity index (χ1) is 14.1. The third-order valence-electron chi connectivity index (χ3n) is 4.44. The van der Waals surface area contributed by atoms with Gasteiger partial charge in [-0.15, -0.1) is 0 Å². The van der Waals surface area contributed by atoms with Gasteiger partial charge in [0.15, 0.2) is 0 Å². The Bertz CT molecular complexity index is 431. The lowest BCUT2D eigenvalue weighted by molar-refractivity contribution is -0.129. The van der Waals surface area contributed by atoms with Crippen LogP contribution in [-0.2, 0) is 9.59 Å². The van der Waals surface area contributed by atoms with Crippen LogP contribution in [0.1, 0.15) is 71.1 Å². The van der Waals surface area contributed by atoms with Gasteiger partial charge in [-0.05, 0) is 52.1 Å². The van der Waals surface area contributed by atoms with Gasteiger partial charge in [-0.2, -0.15) is 5.10 Å². The Balaban J connectivity index is 3.35. The van der Waals surface area contributed by atoms with Crippen LogP contribution in [0.25, 0.3) is 0 Å². The second-order valence-electron chi connectivity index (χ2n) is 7.45. The molecule has 2 amide bonds. The van der Waals surface area contributed by atoms with Gasteiger partial charge in [0.1, 0.15) is 12.8 Å². The van der Waals surface area contributed by atoms with Crippen molar-refractivity contribution in [3.05, 3.63) is 0 Å². The van der Waals surface area contributed by atoms with Crippen molar-refractivity contribution in [2.24, 2.45) is 16.7 Å². The van der Waals surface area contributed by atoms with Crippen molar-refractivity contribution < 1.29 is 9.59 Å². The molecule has 0 aromatic carbocycles. The standard InChI is InChI=1S/C20H43N7O2/c1-18(21)10-15-23-11-8-9-14-26-20(29)16-19(28)25-13-7-5-3-2-4-6-12-24-17-27-22/h17-18,23H,2-16,21-22H2,1H3,(H,24,27)(H,25,28)(H,26,29). The maximum absolute atomic E-state index is 11.8. The summed E-state index contributed by atoms with van der Waals surface area (Å²) in [5, 5.41) is 15.3. The third-order valence-corrected chi connectivity index (χ3v) is 4.44. The van der Waals surface area contributed by atoms with Gasteiger partial charge in [0.25, 0.3) is 0 Å². The summed E-state index contributed by atoms with van der Waals surface area (Å²) >= 11 is 0. The maximum atomic E-state index is 11.8. The van der Waals surface area contributed by atoms with Crippen LogP contribution in [-0.4, -0.2) is 56.9 Å². The van der Waals surface area contributed by atoms with E-state index in [0.29, 0.717) is 13.1 Å². The predicted molar refractivity (Wildman–Crippen MR) is 119 cm³/mol. The number of hydrogen-bond donors (Lipinski definition) is 6. The Hall–Kier alpha value is -1.87. The summed E-state index contributed by atoms with van der Waals surface area (Å²) in [5.74, 6) is 4.58. The molecule has 29 heavy (non-hydrogen) atoms. The fraction of sp³-hybridized carbons (Fsp3) is 0.850. The van der Waals surface area contributed by atoms with E-state index in [9.17, 15) is 9.59 Å². The molecule has 0 aromatic rings. The first-order valence-corrected chi connectivity index (χ1v) is 11.0. The average molecular weight is 414 g/mol. The first kappa shape index (κ1) is 27.1. The van der Waals surface area contributed by atoms with E-state index in [1.807, 2.05) is 6.92 Å². The van der Waals surface area contributed by atoms with E-state index in [2.05, 4.69) is 26.4 Å². The number of carbonyl (C=O) groups excluding carboxylic acids is 2. The minimum Gasteiger partial charge on any atom is -0.375 e. The zero-order valence-electron chi connectivity index (χ0n) is 18.2. The molecule has 0 aromatic heterocycles. The molecule has 0 rings (SSSR count). The van der Waals surface area contributed by atoms with Gasteiger partial charge < -0.3 is 32.8 Å². The minimum atomic E-state index is -0.208. The van der Waals surface area contributed by atoms with Gasteiger partial charge in [-0.25, -0.2) is 0 Å². The highest BCUT2D eigenvalue weighted by molar-refractivity contribution is 5.96. The molecule has 0 aliphatic rings. The molecule has 0 fully saturated rings. The van der Waals surface area contributed by atoms with E-state index in [-0.39, 0.29) is 24.3 Å².